The van der Waals surface area contributed by atoms with Gasteiger partial charge in [0, 0.05) is 6.54 Å². The van der Waals surface area contributed by atoms with Crippen LogP contribution in [0.3, 0.4) is 0 Å². The van der Waals surface area contributed by atoms with E-state index in [4.69, 9.17) is 5.26 Å². The van der Waals surface area contributed by atoms with Gasteiger partial charge in [0.25, 0.3) is 0 Å². The lowest BCUT2D eigenvalue weighted by Crippen LogP contribution is -2.43. The van der Waals surface area contributed by atoms with E-state index in [1.807, 2.05) is 0 Å². The number of nitrogens with zero attached hydrogens (tertiary/aromatic N) is 1. The Balaban J connectivity index is 1.82. The van der Waals surface area contributed by atoms with E-state index >= 15 is 0 Å². The first-order chi connectivity index (χ1) is 6.82. The molecular weight excluding hydrogens is 172 g/mol. The molecule has 0 aromatic rings. The summed E-state index contributed by atoms with van der Waals surface area (Å²) in [6, 6.07) is 2.53. The molecule has 4 fully saturated rings. The Morgan fingerprint density at radius 2 is 1.93 bits per heavy atom. The van der Waals surface area contributed by atoms with Gasteiger partial charge in [0.1, 0.15) is 0 Å². The van der Waals surface area contributed by atoms with Crippen LogP contribution in [0.15, 0.2) is 0 Å². The fraction of sp³-hybridized carbons (Fsp3) is 0.917. The molecule has 2 nitrogen and oxygen atoms in total. The van der Waals surface area contributed by atoms with Crippen molar-refractivity contribution in [2.24, 2.45) is 17.3 Å². The predicted octanol–water partition coefficient (Wildman–Crippen LogP) is 2.07. The molecule has 2 bridgehead atoms. The highest BCUT2D eigenvalue weighted by Gasteiger charge is 2.50. The first kappa shape index (κ1) is 8.73. The fourth-order valence-corrected chi connectivity index (χ4v) is 4.16. The molecule has 14 heavy (non-hydrogen) atoms. The average molecular weight is 190 g/mol. The van der Waals surface area contributed by atoms with Crippen molar-refractivity contribution in [1.82, 2.24) is 5.32 Å². The lowest BCUT2D eigenvalue weighted by molar-refractivity contribution is 0.0162. The molecule has 0 amide bonds. The average Bonchev–Trinajstić information content (AvgIpc) is 2.63. The largest absolute Gasteiger partial charge is 0.301 e. The number of hydrogen-bond donors (Lipinski definition) is 1. The first-order valence-corrected chi connectivity index (χ1v) is 5.95. The fourth-order valence-electron chi connectivity index (χ4n) is 4.16. The molecule has 76 valence electrons. The second-order valence-corrected chi connectivity index (χ2v) is 5.55. The van der Waals surface area contributed by atoms with E-state index in [1.165, 1.54) is 32.1 Å². The van der Waals surface area contributed by atoms with Crippen LogP contribution in [-0.2, 0) is 0 Å². The summed E-state index contributed by atoms with van der Waals surface area (Å²) in [7, 11) is 0. The Labute approximate surface area is 85.7 Å². The molecule has 1 aliphatic heterocycles. The van der Waals surface area contributed by atoms with Crippen molar-refractivity contribution in [2.75, 3.05) is 6.54 Å². The maximum Gasteiger partial charge on any atom is 0.0959 e. The zero-order valence-electron chi connectivity index (χ0n) is 8.63. The van der Waals surface area contributed by atoms with Gasteiger partial charge in [0.15, 0.2) is 0 Å². The molecule has 1 N–H and O–H groups in total. The molecule has 3 aliphatic carbocycles. The molecule has 2 atom stereocenters. The van der Waals surface area contributed by atoms with E-state index < -0.39 is 0 Å². The van der Waals surface area contributed by atoms with Crippen LogP contribution in [-0.4, -0.2) is 12.6 Å². The predicted molar refractivity (Wildman–Crippen MR) is 54.5 cm³/mol. The summed E-state index contributed by atoms with van der Waals surface area (Å²) < 4.78 is 0. The summed E-state index contributed by atoms with van der Waals surface area (Å²) in [5.41, 5.74) is 0.529. The lowest BCUT2D eigenvalue weighted by atomic mass is 9.55. The standard InChI is InChI=1S/C12H18N2/c13-7-11-6-12(8-14-11)5-9-1-3-10(12)4-2-9/h9-11,14H,1-6,8H2. The molecule has 2 unspecified atom stereocenters. The Morgan fingerprint density at radius 1 is 1.14 bits per heavy atom. The van der Waals surface area contributed by atoms with Gasteiger partial charge in [0.05, 0.1) is 12.1 Å². The highest BCUT2D eigenvalue weighted by Crippen LogP contribution is 2.55. The number of rotatable bonds is 0. The third-order valence-electron chi connectivity index (χ3n) is 4.87. The van der Waals surface area contributed by atoms with Crippen molar-refractivity contribution >= 4 is 0 Å². The summed E-state index contributed by atoms with van der Waals surface area (Å²) in [5, 5.41) is 12.3. The van der Waals surface area contributed by atoms with Gasteiger partial charge in [0.2, 0.25) is 0 Å². The van der Waals surface area contributed by atoms with Crippen molar-refractivity contribution in [3.05, 3.63) is 0 Å². The molecule has 2 heteroatoms. The number of fused-ring (bicyclic) bond motifs is 2. The van der Waals surface area contributed by atoms with E-state index in [-0.39, 0.29) is 6.04 Å². The van der Waals surface area contributed by atoms with Gasteiger partial charge in [-0.1, -0.05) is 12.8 Å². The van der Waals surface area contributed by atoms with Gasteiger partial charge < -0.3 is 5.32 Å². The Kier molecular flexibility index (Phi) is 1.85. The van der Waals surface area contributed by atoms with Gasteiger partial charge in [-0.15, -0.1) is 0 Å². The molecule has 3 saturated carbocycles. The second-order valence-electron chi connectivity index (χ2n) is 5.55. The van der Waals surface area contributed by atoms with Crippen LogP contribution in [0.5, 0.6) is 0 Å². The maximum absolute atomic E-state index is 8.94. The molecule has 4 rings (SSSR count). The molecule has 0 aromatic carbocycles. The van der Waals surface area contributed by atoms with Gasteiger partial charge in [-0.05, 0) is 42.9 Å². The molecule has 1 spiro atoms. The van der Waals surface area contributed by atoms with Crippen molar-refractivity contribution in [3.8, 4) is 6.07 Å². The molecule has 1 saturated heterocycles. The third kappa shape index (κ3) is 1.12. The van der Waals surface area contributed by atoms with Crippen molar-refractivity contribution in [3.63, 3.8) is 0 Å². The van der Waals surface area contributed by atoms with Crippen LogP contribution in [0.2, 0.25) is 0 Å². The smallest absolute Gasteiger partial charge is 0.0959 e. The van der Waals surface area contributed by atoms with Gasteiger partial charge in [-0.3, -0.25) is 0 Å². The van der Waals surface area contributed by atoms with Crippen LogP contribution in [0.1, 0.15) is 38.5 Å². The van der Waals surface area contributed by atoms with E-state index in [1.54, 1.807) is 0 Å². The monoisotopic (exact) mass is 190 g/mol. The maximum atomic E-state index is 8.94. The molecule has 1 heterocycles. The second kappa shape index (κ2) is 2.97. The normalized spacial score (nSPS) is 50.9. The van der Waals surface area contributed by atoms with Crippen LogP contribution in [0.25, 0.3) is 0 Å². The summed E-state index contributed by atoms with van der Waals surface area (Å²) >= 11 is 0. The van der Waals surface area contributed by atoms with Crippen molar-refractivity contribution in [1.29, 1.82) is 5.26 Å². The highest BCUT2D eigenvalue weighted by molar-refractivity contribution is 5.08. The van der Waals surface area contributed by atoms with Gasteiger partial charge >= 0.3 is 0 Å². The lowest BCUT2D eigenvalue weighted by Gasteiger charge is -2.49. The minimum absolute atomic E-state index is 0.148. The highest BCUT2D eigenvalue weighted by atomic mass is 15.0. The van der Waals surface area contributed by atoms with Crippen LogP contribution >= 0.6 is 0 Å². The van der Waals surface area contributed by atoms with Crippen molar-refractivity contribution < 1.29 is 0 Å². The summed E-state index contributed by atoms with van der Waals surface area (Å²) in [4.78, 5) is 0. The summed E-state index contributed by atoms with van der Waals surface area (Å²) in [6.07, 6.45) is 8.33. The van der Waals surface area contributed by atoms with Gasteiger partial charge in [-0.25, -0.2) is 0 Å². The Bertz CT molecular complexity index is 273. The number of nitriles is 1. The molecule has 0 radical (unpaired) electrons. The topological polar surface area (TPSA) is 35.8 Å². The van der Waals surface area contributed by atoms with E-state index in [9.17, 15) is 0 Å². The van der Waals surface area contributed by atoms with E-state index in [0.717, 1.165) is 24.8 Å². The number of nitrogens with one attached hydrogen (secondary N) is 1. The summed E-state index contributed by atoms with van der Waals surface area (Å²) in [6.45, 7) is 1.12. The van der Waals surface area contributed by atoms with E-state index in [0.29, 0.717) is 5.41 Å². The molecule has 0 aromatic heterocycles. The first-order valence-electron chi connectivity index (χ1n) is 5.95. The Hall–Kier alpha value is -0.550. The van der Waals surface area contributed by atoms with Crippen LogP contribution in [0, 0.1) is 28.6 Å². The van der Waals surface area contributed by atoms with Crippen LogP contribution in [0.4, 0.5) is 0 Å². The quantitative estimate of drug-likeness (QED) is 0.634. The van der Waals surface area contributed by atoms with E-state index in [2.05, 4.69) is 11.4 Å². The van der Waals surface area contributed by atoms with Crippen LogP contribution < -0.4 is 5.32 Å². The third-order valence-corrected chi connectivity index (χ3v) is 4.87. The zero-order valence-corrected chi connectivity index (χ0v) is 8.63. The minimum atomic E-state index is 0.148. The van der Waals surface area contributed by atoms with Gasteiger partial charge in [-0.2, -0.15) is 5.26 Å². The zero-order chi connectivity index (χ0) is 9.60. The summed E-state index contributed by atoms with van der Waals surface area (Å²) in [5.74, 6) is 1.91. The minimum Gasteiger partial charge on any atom is -0.301 e. The Morgan fingerprint density at radius 3 is 2.43 bits per heavy atom. The molecule has 4 aliphatic rings. The SMILES string of the molecule is N#CC1CC2(CN1)CC1CCC2CC1. The van der Waals surface area contributed by atoms with Crippen molar-refractivity contribution in [2.45, 2.75) is 44.6 Å². The number of hydrogen-bond acceptors (Lipinski definition) is 2. The molecular formula is C12H18N2.